The second kappa shape index (κ2) is 4.75. The number of anilines is 1. The maximum atomic E-state index is 5.19. The molecule has 13 heavy (non-hydrogen) atoms. The van der Waals surface area contributed by atoms with E-state index in [0.29, 0.717) is 6.73 Å². The lowest BCUT2D eigenvalue weighted by Crippen LogP contribution is -1.96. The van der Waals surface area contributed by atoms with Gasteiger partial charge in [-0.05, 0) is 18.1 Å². The molecule has 0 aromatic heterocycles. The van der Waals surface area contributed by atoms with Gasteiger partial charge in [0.25, 0.3) is 0 Å². The molecule has 0 spiro atoms. The van der Waals surface area contributed by atoms with E-state index in [1.54, 1.807) is 0 Å². The Bertz CT molecular complexity index is 232. The molecule has 72 valence electrons. The minimum absolute atomic E-state index is 0.610. The third-order valence-corrected chi connectivity index (χ3v) is 1.38. The molecule has 1 aromatic rings. The number of nitrogens with one attached hydrogen (secondary N) is 1. The lowest BCUT2D eigenvalue weighted by molar-refractivity contribution is 0.372. The summed E-state index contributed by atoms with van der Waals surface area (Å²) >= 11 is 0. The summed E-state index contributed by atoms with van der Waals surface area (Å²) in [4.78, 5) is 0. The van der Waals surface area contributed by atoms with Gasteiger partial charge in [0.1, 0.15) is 5.75 Å². The second-order valence-electron chi connectivity index (χ2n) is 3.69. The molecule has 2 nitrogen and oxygen atoms in total. The van der Waals surface area contributed by atoms with E-state index in [0.717, 1.165) is 17.4 Å². The van der Waals surface area contributed by atoms with E-state index in [4.69, 9.17) is 4.74 Å². The highest BCUT2D eigenvalue weighted by molar-refractivity contribution is 5.58. The van der Waals surface area contributed by atoms with Crippen LogP contribution in [-0.4, -0.2) is 6.73 Å². The van der Waals surface area contributed by atoms with Crippen molar-refractivity contribution in [1.82, 2.24) is 0 Å². The van der Waals surface area contributed by atoms with Gasteiger partial charge >= 0.3 is 0 Å². The number of ether oxygens (including phenoxy) is 1. The van der Waals surface area contributed by atoms with Crippen LogP contribution in [0.4, 0.5) is 5.69 Å². The van der Waals surface area contributed by atoms with Crippen molar-refractivity contribution in [2.24, 2.45) is 5.92 Å². The lowest BCUT2D eigenvalue weighted by atomic mass is 10.3. The van der Waals surface area contributed by atoms with Crippen molar-refractivity contribution in [3.8, 4) is 5.75 Å². The molecule has 0 atom stereocenters. The average Bonchev–Trinajstić information content (AvgIpc) is 2.49. The molecule has 0 saturated carbocycles. The molecule has 2 rings (SSSR count). The Labute approximate surface area is 79.9 Å². The van der Waals surface area contributed by atoms with Crippen LogP contribution in [-0.2, 0) is 0 Å². The molecule has 1 heterocycles. The molecule has 0 aliphatic carbocycles. The van der Waals surface area contributed by atoms with E-state index < -0.39 is 0 Å². The highest BCUT2D eigenvalue weighted by Crippen LogP contribution is 2.27. The Hall–Kier alpha value is -1.18. The Morgan fingerprint density at radius 3 is 2.46 bits per heavy atom. The van der Waals surface area contributed by atoms with Crippen LogP contribution < -0.4 is 10.1 Å². The monoisotopic (exact) mass is 179 g/mol. The molecular weight excluding hydrogens is 162 g/mol. The average molecular weight is 179 g/mol. The van der Waals surface area contributed by atoms with Crippen LogP contribution in [0, 0.1) is 5.92 Å². The number of hydrogen-bond donors (Lipinski definition) is 1. The fourth-order valence-electron chi connectivity index (χ4n) is 0.930. The Morgan fingerprint density at radius 2 is 1.85 bits per heavy atom. The molecule has 0 bridgehead atoms. The van der Waals surface area contributed by atoms with Gasteiger partial charge in [-0.2, -0.15) is 0 Å². The zero-order valence-electron chi connectivity index (χ0n) is 8.50. The van der Waals surface area contributed by atoms with Crippen LogP contribution in [0.3, 0.4) is 0 Å². The van der Waals surface area contributed by atoms with Crippen LogP contribution >= 0.6 is 0 Å². The van der Waals surface area contributed by atoms with Gasteiger partial charge in [0.2, 0.25) is 0 Å². The van der Waals surface area contributed by atoms with Gasteiger partial charge in [-0.15, -0.1) is 0 Å². The fraction of sp³-hybridized carbons (Fsp3) is 0.455. The number of hydrogen-bond acceptors (Lipinski definition) is 2. The summed E-state index contributed by atoms with van der Waals surface area (Å²) in [6.07, 6.45) is 0. The van der Waals surface area contributed by atoms with Gasteiger partial charge in [0, 0.05) is 0 Å². The molecule has 0 unspecified atom stereocenters. The first kappa shape index (κ1) is 9.90. The molecule has 1 aliphatic rings. The van der Waals surface area contributed by atoms with Crippen molar-refractivity contribution in [3.05, 3.63) is 24.3 Å². The van der Waals surface area contributed by atoms with Crippen LogP contribution in [0.2, 0.25) is 0 Å². The Morgan fingerprint density at radius 1 is 1.23 bits per heavy atom. The summed E-state index contributed by atoms with van der Waals surface area (Å²) in [7, 11) is 0. The summed E-state index contributed by atoms with van der Waals surface area (Å²) in [5.74, 6) is 1.79. The predicted octanol–water partition coefficient (Wildman–Crippen LogP) is 3.11. The van der Waals surface area contributed by atoms with E-state index in [1.165, 1.54) is 0 Å². The van der Waals surface area contributed by atoms with E-state index in [2.05, 4.69) is 26.1 Å². The molecule has 0 radical (unpaired) electrons. The van der Waals surface area contributed by atoms with Crippen LogP contribution in [0.15, 0.2) is 24.3 Å². The summed E-state index contributed by atoms with van der Waals surface area (Å²) in [5, 5.41) is 3.08. The first-order valence-electron chi connectivity index (χ1n) is 4.66. The van der Waals surface area contributed by atoms with Crippen LogP contribution in [0.1, 0.15) is 20.8 Å². The normalized spacial score (nSPS) is 12.3. The SMILES string of the molecule is CC(C)C.c1ccc2c(c1)NCO2. The van der Waals surface area contributed by atoms with Crippen molar-refractivity contribution < 1.29 is 4.74 Å². The first-order chi connectivity index (χ1) is 6.20. The summed E-state index contributed by atoms with van der Waals surface area (Å²) in [6, 6.07) is 7.91. The third-order valence-electron chi connectivity index (χ3n) is 1.38. The van der Waals surface area contributed by atoms with Crippen molar-refractivity contribution in [3.63, 3.8) is 0 Å². The minimum Gasteiger partial charge on any atom is -0.471 e. The maximum Gasteiger partial charge on any atom is 0.159 e. The molecule has 1 N–H and O–H groups in total. The molecule has 0 saturated heterocycles. The standard InChI is InChI=1S/C7H7NO.C4H10/c1-2-4-7-6(3-1)8-5-9-7;1-4(2)3/h1-4,8H,5H2;4H,1-3H3. The minimum atomic E-state index is 0.610. The van der Waals surface area contributed by atoms with Gasteiger partial charge in [0.05, 0.1) is 5.69 Å². The smallest absolute Gasteiger partial charge is 0.159 e. The van der Waals surface area contributed by atoms with E-state index >= 15 is 0 Å². The van der Waals surface area contributed by atoms with Crippen LogP contribution in [0.5, 0.6) is 5.75 Å². The molecule has 1 aromatic carbocycles. The Kier molecular flexibility index (Phi) is 3.62. The van der Waals surface area contributed by atoms with Gasteiger partial charge < -0.3 is 10.1 Å². The van der Waals surface area contributed by atoms with Crippen LogP contribution in [0.25, 0.3) is 0 Å². The van der Waals surface area contributed by atoms with E-state index in [9.17, 15) is 0 Å². The number of benzene rings is 1. The largest absolute Gasteiger partial charge is 0.471 e. The van der Waals surface area contributed by atoms with E-state index in [1.807, 2.05) is 24.3 Å². The molecular formula is C11H17NO. The highest BCUT2D eigenvalue weighted by Gasteiger charge is 2.06. The number of rotatable bonds is 0. The second-order valence-corrected chi connectivity index (χ2v) is 3.69. The van der Waals surface area contributed by atoms with Crippen molar-refractivity contribution in [1.29, 1.82) is 0 Å². The third kappa shape index (κ3) is 3.36. The van der Waals surface area contributed by atoms with Crippen molar-refractivity contribution in [2.45, 2.75) is 20.8 Å². The lowest BCUT2D eigenvalue weighted by Gasteiger charge is -1.91. The summed E-state index contributed by atoms with van der Waals surface area (Å²) in [5.41, 5.74) is 1.09. The predicted molar refractivity (Wildman–Crippen MR) is 56.1 cm³/mol. The van der Waals surface area contributed by atoms with Crippen molar-refractivity contribution in [2.75, 3.05) is 12.0 Å². The quantitative estimate of drug-likeness (QED) is 0.660. The molecule has 0 fully saturated rings. The maximum absolute atomic E-state index is 5.19. The van der Waals surface area contributed by atoms with Gasteiger partial charge in [0.15, 0.2) is 6.73 Å². The zero-order chi connectivity index (χ0) is 9.68. The fourth-order valence-corrected chi connectivity index (χ4v) is 0.930. The number of para-hydroxylation sites is 2. The van der Waals surface area contributed by atoms with Crippen molar-refractivity contribution >= 4 is 5.69 Å². The zero-order valence-corrected chi connectivity index (χ0v) is 8.50. The molecule has 1 aliphatic heterocycles. The molecule has 2 heteroatoms. The van der Waals surface area contributed by atoms with E-state index in [-0.39, 0.29) is 0 Å². The molecule has 0 amide bonds. The summed E-state index contributed by atoms with van der Waals surface area (Å²) < 4.78 is 5.19. The van der Waals surface area contributed by atoms with Gasteiger partial charge in [-0.25, -0.2) is 0 Å². The topological polar surface area (TPSA) is 21.3 Å². The summed E-state index contributed by atoms with van der Waals surface area (Å²) in [6.45, 7) is 7.11. The Balaban J connectivity index is 0.000000184. The highest BCUT2D eigenvalue weighted by atomic mass is 16.5. The van der Waals surface area contributed by atoms with Gasteiger partial charge in [-0.1, -0.05) is 32.9 Å². The first-order valence-corrected chi connectivity index (χ1v) is 4.66. The van der Waals surface area contributed by atoms with Gasteiger partial charge in [-0.3, -0.25) is 0 Å². The number of fused-ring (bicyclic) bond motifs is 1.